The molecule has 1 heterocycles. The van der Waals surface area contributed by atoms with Gasteiger partial charge in [-0.25, -0.2) is 0 Å². The van der Waals surface area contributed by atoms with Gasteiger partial charge in [0.15, 0.2) is 0 Å². The number of ether oxygens (including phenoxy) is 1. The average molecular weight is 329 g/mol. The van der Waals surface area contributed by atoms with Crippen LogP contribution >= 0.6 is 27.7 Å². The van der Waals surface area contributed by atoms with Gasteiger partial charge in [0.1, 0.15) is 11.5 Å². The number of Topliss-reactive ketones (excluding diaryl/α,β-unsaturated/α-hetero) is 1. The molecule has 4 heteroatoms. The molecule has 0 radical (unpaired) electrons. The minimum atomic E-state index is 0.208. The molecule has 0 bridgehead atoms. The number of rotatable bonds is 4. The summed E-state index contributed by atoms with van der Waals surface area (Å²) < 4.78 is 6.09. The minimum Gasteiger partial charge on any atom is -0.496 e. The molecule has 0 aromatic heterocycles. The molecule has 0 spiro atoms. The number of methoxy groups -OCH3 is 1. The lowest BCUT2D eigenvalue weighted by Crippen LogP contribution is -2.22. The maximum atomic E-state index is 12.2. The molecular formula is C14H17BrO2S. The van der Waals surface area contributed by atoms with Crippen LogP contribution in [0.5, 0.6) is 5.75 Å². The summed E-state index contributed by atoms with van der Waals surface area (Å²) in [6.07, 6.45) is 4.01. The Hall–Kier alpha value is -0.480. The summed E-state index contributed by atoms with van der Waals surface area (Å²) in [5.41, 5.74) is 1.05. The summed E-state index contributed by atoms with van der Waals surface area (Å²) in [5.74, 6) is 2.29. The molecule has 2 nitrogen and oxygen atoms in total. The number of hydrogen-bond acceptors (Lipinski definition) is 3. The maximum Gasteiger partial charge on any atom is 0.150 e. The van der Waals surface area contributed by atoms with Crippen molar-refractivity contribution in [3.63, 3.8) is 0 Å². The zero-order valence-corrected chi connectivity index (χ0v) is 12.9. The van der Waals surface area contributed by atoms with E-state index in [1.807, 2.05) is 30.0 Å². The van der Waals surface area contributed by atoms with Crippen LogP contribution in [0.15, 0.2) is 22.7 Å². The van der Waals surface area contributed by atoms with E-state index in [9.17, 15) is 4.79 Å². The van der Waals surface area contributed by atoms with Crippen LogP contribution in [0.4, 0.5) is 0 Å². The Balaban J connectivity index is 2.00. The summed E-state index contributed by atoms with van der Waals surface area (Å²) >= 11 is 5.27. The van der Waals surface area contributed by atoms with Crippen molar-refractivity contribution in [3.05, 3.63) is 28.2 Å². The van der Waals surface area contributed by atoms with Crippen LogP contribution in [0.3, 0.4) is 0 Å². The van der Waals surface area contributed by atoms with Gasteiger partial charge in [0, 0.05) is 6.42 Å². The molecule has 98 valence electrons. The first kappa shape index (κ1) is 13.9. The van der Waals surface area contributed by atoms with Crippen LogP contribution in [-0.2, 0) is 11.2 Å². The molecule has 1 aromatic rings. The predicted molar refractivity (Wildman–Crippen MR) is 79.5 cm³/mol. The fraction of sp³-hybridized carbons (Fsp3) is 0.500. The molecule has 2 rings (SSSR count). The number of carbonyl (C=O) groups excluding carboxylic acids is 1. The Morgan fingerprint density at radius 2 is 2.33 bits per heavy atom. The highest BCUT2D eigenvalue weighted by atomic mass is 79.9. The SMILES string of the molecule is COc1ccc(CC(=O)C2CCCCS2)cc1Br. The van der Waals surface area contributed by atoms with Gasteiger partial charge in [0.05, 0.1) is 16.8 Å². The summed E-state index contributed by atoms with van der Waals surface area (Å²) in [7, 11) is 1.64. The molecule has 1 fully saturated rings. The van der Waals surface area contributed by atoms with Crippen molar-refractivity contribution < 1.29 is 9.53 Å². The van der Waals surface area contributed by atoms with Crippen molar-refractivity contribution in [2.75, 3.05) is 12.9 Å². The fourth-order valence-corrected chi connectivity index (χ4v) is 3.98. The summed E-state index contributed by atoms with van der Waals surface area (Å²) in [6, 6.07) is 5.85. The quantitative estimate of drug-likeness (QED) is 0.839. The van der Waals surface area contributed by atoms with E-state index in [4.69, 9.17) is 4.74 Å². The first-order valence-corrected chi connectivity index (χ1v) is 8.01. The molecule has 0 aliphatic carbocycles. The van der Waals surface area contributed by atoms with E-state index in [0.717, 1.165) is 28.0 Å². The Morgan fingerprint density at radius 3 is 2.94 bits per heavy atom. The zero-order chi connectivity index (χ0) is 13.0. The van der Waals surface area contributed by atoms with E-state index in [0.29, 0.717) is 12.2 Å². The highest BCUT2D eigenvalue weighted by molar-refractivity contribution is 9.10. The van der Waals surface area contributed by atoms with Crippen molar-refractivity contribution in [1.29, 1.82) is 0 Å². The lowest BCUT2D eigenvalue weighted by atomic mass is 10.0. The van der Waals surface area contributed by atoms with Crippen LogP contribution < -0.4 is 4.74 Å². The van der Waals surface area contributed by atoms with Gasteiger partial charge in [-0.2, -0.15) is 11.8 Å². The van der Waals surface area contributed by atoms with E-state index in [1.54, 1.807) is 7.11 Å². The lowest BCUT2D eigenvalue weighted by Gasteiger charge is -2.20. The molecule has 1 aromatic carbocycles. The van der Waals surface area contributed by atoms with Crippen molar-refractivity contribution >= 4 is 33.5 Å². The Kier molecular flexibility index (Phi) is 5.13. The number of hydrogen-bond donors (Lipinski definition) is 0. The topological polar surface area (TPSA) is 26.3 Å². The first-order valence-electron chi connectivity index (χ1n) is 6.17. The minimum absolute atomic E-state index is 0.208. The van der Waals surface area contributed by atoms with Gasteiger partial charge in [-0.1, -0.05) is 12.5 Å². The molecule has 1 atom stereocenters. The van der Waals surface area contributed by atoms with Crippen LogP contribution in [-0.4, -0.2) is 23.9 Å². The lowest BCUT2D eigenvalue weighted by molar-refractivity contribution is -0.118. The Morgan fingerprint density at radius 1 is 1.50 bits per heavy atom. The third kappa shape index (κ3) is 3.51. The third-order valence-corrected chi connectivity index (χ3v) is 5.18. The smallest absolute Gasteiger partial charge is 0.150 e. The van der Waals surface area contributed by atoms with Gasteiger partial charge in [-0.3, -0.25) is 4.79 Å². The van der Waals surface area contributed by atoms with Crippen molar-refractivity contribution in [2.24, 2.45) is 0 Å². The molecule has 0 amide bonds. The third-order valence-electron chi connectivity index (χ3n) is 3.13. The zero-order valence-electron chi connectivity index (χ0n) is 10.4. The monoisotopic (exact) mass is 328 g/mol. The normalized spacial score (nSPS) is 19.6. The number of halogens is 1. The van der Waals surface area contributed by atoms with Gasteiger partial charge >= 0.3 is 0 Å². The number of benzene rings is 1. The van der Waals surface area contributed by atoms with Gasteiger partial charge in [-0.15, -0.1) is 0 Å². The molecule has 18 heavy (non-hydrogen) atoms. The highest BCUT2D eigenvalue weighted by Crippen LogP contribution is 2.29. The van der Waals surface area contributed by atoms with E-state index < -0.39 is 0 Å². The molecule has 1 aliphatic rings. The molecule has 1 unspecified atom stereocenters. The van der Waals surface area contributed by atoms with E-state index >= 15 is 0 Å². The largest absolute Gasteiger partial charge is 0.496 e. The maximum absolute atomic E-state index is 12.2. The molecule has 1 aliphatic heterocycles. The second kappa shape index (κ2) is 6.62. The van der Waals surface area contributed by atoms with Crippen molar-refractivity contribution in [2.45, 2.75) is 30.9 Å². The van der Waals surface area contributed by atoms with Crippen LogP contribution in [0, 0.1) is 0 Å². The summed E-state index contributed by atoms with van der Waals surface area (Å²) in [6.45, 7) is 0. The second-order valence-corrected chi connectivity index (χ2v) is 6.63. The Bertz CT molecular complexity index is 428. The van der Waals surface area contributed by atoms with E-state index in [1.165, 1.54) is 12.8 Å². The fourth-order valence-electron chi connectivity index (χ4n) is 2.13. The first-order chi connectivity index (χ1) is 8.70. The average Bonchev–Trinajstić information content (AvgIpc) is 2.40. The predicted octanol–water partition coefficient (Wildman–Crippen LogP) is 3.86. The van der Waals surface area contributed by atoms with Gasteiger partial charge in [0.2, 0.25) is 0 Å². The highest BCUT2D eigenvalue weighted by Gasteiger charge is 2.21. The van der Waals surface area contributed by atoms with E-state index in [-0.39, 0.29) is 5.25 Å². The molecule has 0 saturated carbocycles. The standard InChI is InChI=1S/C14H17BrO2S/c1-17-13-6-5-10(8-11(13)15)9-12(16)14-4-2-3-7-18-14/h5-6,8,14H,2-4,7,9H2,1H3. The van der Waals surface area contributed by atoms with Crippen molar-refractivity contribution in [1.82, 2.24) is 0 Å². The van der Waals surface area contributed by atoms with Gasteiger partial charge in [-0.05, 0) is 52.2 Å². The van der Waals surface area contributed by atoms with Crippen LogP contribution in [0.2, 0.25) is 0 Å². The van der Waals surface area contributed by atoms with Crippen LogP contribution in [0.25, 0.3) is 0 Å². The van der Waals surface area contributed by atoms with Crippen LogP contribution in [0.1, 0.15) is 24.8 Å². The van der Waals surface area contributed by atoms with Crippen molar-refractivity contribution in [3.8, 4) is 5.75 Å². The Labute approximate surface area is 121 Å². The second-order valence-electron chi connectivity index (χ2n) is 4.47. The van der Waals surface area contributed by atoms with Gasteiger partial charge < -0.3 is 4.74 Å². The van der Waals surface area contributed by atoms with Gasteiger partial charge in [0.25, 0.3) is 0 Å². The molecular weight excluding hydrogens is 312 g/mol. The van der Waals surface area contributed by atoms with E-state index in [2.05, 4.69) is 15.9 Å². The molecule has 0 N–H and O–H groups in total. The molecule has 1 saturated heterocycles. The number of carbonyl (C=O) groups is 1. The summed E-state index contributed by atoms with van der Waals surface area (Å²) in [5, 5.41) is 0.208. The number of ketones is 1. The summed E-state index contributed by atoms with van der Waals surface area (Å²) in [4.78, 5) is 12.2. The number of thioether (sulfide) groups is 1.